The van der Waals surface area contributed by atoms with Crippen LogP contribution >= 0.6 is 0 Å². The first kappa shape index (κ1) is 17.0. The maximum atomic E-state index is 5.55. The van der Waals surface area contributed by atoms with E-state index < -0.39 is 0 Å². The molecule has 6 heteroatoms. The molecule has 0 aliphatic carbocycles. The normalized spacial score (nSPS) is 11.5. The lowest BCUT2D eigenvalue weighted by molar-refractivity contribution is 0.203. The third-order valence-electron chi connectivity index (χ3n) is 3.35. The summed E-state index contributed by atoms with van der Waals surface area (Å²) in [5.41, 5.74) is 3.13. The molecule has 1 heterocycles. The number of methoxy groups -OCH3 is 1. The summed E-state index contributed by atoms with van der Waals surface area (Å²) in [6.45, 7) is 4.15. The number of aliphatic imine (C=N–C) groups is 1. The van der Waals surface area contributed by atoms with E-state index in [1.54, 1.807) is 20.4 Å². The van der Waals surface area contributed by atoms with Gasteiger partial charge in [0.2, 0.25) is 5.89 Å². The number of guanidine groups is 1. The number of nitrogens with one attached hydrogen (secondary N) is 2. The van der Waals surface area contributed by atoms with E-state index in [1.807, 2.05) is 12.1 Å². The molecule has 0 bridgehead atoms. The molecule has 6 nitrogen and oxygen atoms in total. The molecule has 2 aromatic rings. The van der Waals surface area contributed by atoms with Crippen LogP contribution in [0.3, 0.4) is 0 Å². The largest absolute Gasteiger partial charge is 0.444 e. The van der Waals surface area contributed by atoms with Gasteiger partial charge in [0.05, 0.1) is 12.3 Å². The summed E-state index contributed by atoms with van der Waals surface area (Å²) in [4.78, 5) is 8.67. The summed E-state index contributed by atoms with van der Waals surface area (Å²) >= 11 is 0. The Hall–Kier alpha value is -2.34. The Morgan fingerprint density at radius 1 is 1.22 bits per heavy atom. The van der Waals surface area contributed by atoms with Gasteiger partial charge in [0.1, 0.15) is 6.26 Å². The van der Waals surface area contributed by atoms with Gasteiger partial charge >= 0.3 is 0 Å². The van der Waals surface area contributed by atoms with Crippen molar-refractivity contribution in [3.05, 3.63) is 41.8 Å². The van der Waals surface area contributed by atoms with Crippen LogP contribution in [0.15, 0.2) is 39.9 Å². The zero-order valence-electron chi connectivity index (χ0n) is 13.9. The van der Waals surface area contributed by atoms with Crippen molar-refractivity contribution in [3.63, 3.8) is 0 Å². The zero-order valence-corrected chi connectivity index (χ0v) is 13.9. The summed E-state index contributed by atoms with van der Waals surface area (Å²) in [7, 11) is 3.42. The Kier molecular flexibility index (Phi) is 6.62. The van der Waals surface area contributed by atoms with E-state index in [4.69, 9.17) is 9.15 Å². The Balaban J connectivity index is 1.81. The second-order valence-corrected chi connectivity index (χ2v) is 5.18. The first-order chi connectivity index (χ1) is 11.2. The highest BCUT2D eigenvalue weighted by atomic mass is 16.5. The molecule has 0 saturated carbocycles. The maximum absolute atomic E-state index is 5.55. The Morgan fingerprint density at radius 3 is 2.65 bits per heavy atom. The van der Waals surface area contributed by atoms with Crippen molar-refractivity contribution in [2.45, 2.75) is 13.3 Å². The summed E-state index contributed by atoms with van der Waals surface area (Å²) < 4.78 is 10.5. The van der Waals surface area contributed by atoms with Gasteiger partial charge in [-0.2, -0.15) is 0 Å². The number of aryl methyl sites for hydroxylation is 1. The number of benzene rings is 1. The average molecular weight is 316 g/mol. The van der Waals surface area contributed by atoms with Gasteiger partial charge in [-0.1, -0.05) is 17.7 Å². The third-order valence-corrected chi connectivity index (χ3v) is 3.35. The van der Waals surface area contributed by atoms with Crippen LogP contribution < -0.4 is 10.6 Å². The molecule has 0 aliphatic heterocycles. The minimum atomic E-state index is 0.643. The molecular formula is C17H24N4O2. The van der Waals surface area contributed by atoms with Gasteiger partial charge < -0.3 is 19.8 Å². The van der Waals surface area contributed by atoms with Gasteiger partial charge in [-0.05, 0) is 19.1 Å². The van der Waals surface area contributed by atoms with Crippen LogP contribution in [0.25, 0.3) is 11.5 Å². The van der Waals surface area contributed by atoms with E-state index in [0.29, 0.717) is 12.5 Å². The molecule has 2 N–H and O–H groups in total. The number of rotatable bonds is 7. The quantitative estimate of drug-likeness (QED) is 0.464. The lowest BCUT2D eigenvalue weighted by Gasteiger charge is -2.10. The molecule has 0 radical (unpaired) electrons. The summed E-state index contributed by atoms with van der Waals surface area (Å²) in [6.07, 6.45) is 2.47. The van der Waals surface area contributed by atoms with E-state index in [0.717, 1.165) is 36.7 Å². The second-order valence-electron chi connectivity index (χ2n) is 5.18. The van der Waals surface area contributed by atoms with Gasteiger partial charge in [-0.3, -0.25) is 4.99 Å². The number of hydrogen-bond acceptors (Lipinski definition) is 4. The second kappa shape index (κ2) is 8.95. The SMILES string of the molecule is CN=C(NCCOC)NCCc1coc(-c2ccc(C)cc2)n1. The van der Waals surface area contributed by atoms with Crippen LogP contribution in [-0.4, -0.2) is 44.8 Å². The molecule has 0 saturated heterocycles. The standard InChI is InChI=1S/C17H24N4O2/c1-13-4-6-14(7-5-13)16-21-15(12-23-16)8-9-19-17(18-2)20-10-11-22-3/h4-7,12H,8-11H2,1-3H3,(H2,18,19,20). The molecule has 0 spiro atoms. The van der Waals surface area contributed by atoms with Gasteiger partial charge in [-0.25, -0.2) is 4.98 Å². The highest BCUT2D eigenvalue weighted by Gasteiger charge is 2.06. The average Bonchev–Trinajstić information content (AvgIpc) is 3.03. The number of hydrogen-bond donors (Lipinski definition) is 2. The van der Waals surface area contributed by atoms with Crippen molar-refractivity contribution in [1.82, 2.24) is 15.6 Å². The first-order valence-electron chi connectivity index (χ1n) is 7.68. The van der Waals surface area contributed by atoms with E-state index in [2.05, 4.69) is 39.7 Å². The van der Waals surface area contributed by atoms with Gasteiger partial charge in [0, 0.05) is 39.2 Å². The number of nitrogens with zero attached hydrogens (tertiary/aromatic N) is 2. The Labute approximate surface area is 137 Å². The molecule has 1 aromatic heterocycles. The summed E-state index contributed by atoms with van der Waals surface area (Å²) in [5, 5.41) is 6.40. The van der Waals surface area contributed by atoms with E-state index >= 15 is 0 Å². The molecule has 0 unspecified atom stereocenters. The molecule has 23 heavy (non-hydrogen) atoms. The van der Waals surface area contributed by atoms with Crippen molar-refractivity contribution < 1.29 is 9.15 Å². The van der Waals surface area contributed by atoms with E-state index in [1.165, 1.54) is 5.56 Å². The molecular weight excluding hydrogens is 292 g/mol. The Bertz CT molecular complexity index is 620. The summed E-state index contributed by atoms with van der Waals surface area (Å²) in [6, 6.07) is 8.14. The van der Waals surface area contributed by atoms with Crippen LogP contribution in [-0.2, 0) is 11.2 Å². The topological polar surface area (TPSA) is 71.7 Å². The fourth-order valence-electron chi connectivity index (χ4n) is 2.05. The first-order valence-corrected chi connectivity index (χ1v) is 7.68. The van der Waals surface area contributed by atoms with Crippen LogP contribution in [0.4, 0.5) is 0 Å². The van der Waals surface area contributed by atoms with Crippen molar-refractivity contribution in [2.75, 3.05) is 33.9 Å². The highest BCUT2D eigenvalue weighted by Crippen LogP contribution is 2.19. The van der Waals surface area contributed by atoms with E-state index in [-0.39, 0.29) is 0 Å². The number of aromatic nitrogens is 1. The molecule has 1 aromatic carbocycles. The van der Waals surface area contributed by atoms with Gasteiger partial charge in [0.15, 0.2) is 5.96 Å². The van der Waals surface area contributed by atoms with Crippen LogP contribution in [0.2, 0.25) is 0 Å². The van der Waals surface area contributed by atoms with Crippen molar-refractivity contribution in [3.8, 4) is 11.5 Å². The highest BCUT2D eigenvalue weighted by molar-refractivity contribution is 5.79. The molecule has 0 atom stereocenters. The monoisotopic (exact) mass is 316 g/mol. The lowest BCUT2D eigenvalue weighted by atomic mass is 10.1. The molecule has 2 rings (SSSR count). The smallest absolute Gasteiger partial charge is 0.226 e. The van der Waals surface area contributed by atoms with Gasteiger partial charge in [0.25, 0.3) is 0 Å². The minimum Gasteiger partial charge on any atom is -0.444 e. The minimum absolute atomic E-state index is 0.643. The van der Waals surface area contributed by atoms with Crippen molar-refractivity contribution in [2.24, 2.45) is 4.99 Å². The fraction of sp³-hybridized carbons (Fsp3) is 0.412. The predicted octanol–water partition coefficient (Wildman–Crippen LogP) is 2.00. The fourth-order valence-corrected chi connectivity index (χ4v) is 2.05. The molecule has 124 valence electrons. The van der Waals surface area contributed by atoms with Crippen molar-refractivity contribution >= 4 is 5.96 Å². The summed E-state index contributed by atoms with van der Waals surface area (Å²) in [5.74, 6) is 1.41. The number of ether oxygens (including phenoxy) is 1. The molecule has 0 fully saturated rings. The van der Waals surface area contributed by atoms with Crippen LogP contribution in [0.5, 0.6) is 0 Å². The Morgan fingerprint density at radius 2 is 1.96 bits per heavy atom. The van der Waals surface area contributed by atoms with Crippen LogP contribution in [0, 0.1) is 6.92 Å². The van der Waals surface area contributed by atoms with E-state index in [9.17, 15) is 0 Å². The van der Waals surface area contributed by atoms with Crippen molar-refractivity contribution in [1.29, 1.82) is 0 Å². The predicted molar refractivity (Wildman–Crippen MR) is 91.6 cm³/mol. The number of oxazole rings is 1. The molecule has 0 amide bonds. The van der Waals surface area contributed by atoms with Gasteiger partial charge in [-0.15, -0.1) is 0 Å². The van der Waals surface area contributed by atoms with Crippen LogP contribution in [0.1, 0.15) is 11.3 Å². The lowest BCUT2D eigenvalue weighted by Crippen LogP contribution is -2.39. The molecule has 0 aliphatic rings. The third kappa shape index (κ3) is 5.41. The maximum Gasteiger partial charge on any atom is 0.226 e. The zero-order chi connectivity index (χ0) is 16.5.